The fourth-order valence-electron chi connectivity index (χ4n) is 3.26. The van der Waals surface area contributed by atoms with Crippen molar-refractivity contribution in [3.05, 3.63) is 11.9 Å². The summed E-state index contributed by atoms with van der Waals surface area (Å²) in [5.41, 5.74) is 1.22. The van der Waals surface area contributed by atoms with E-state index in [1.54, 1.807) is 7.11 Å². The lowest BCUT2D eigenvalue weighted by Crippen LogP contribution is -2.26. The van der Waals surface area contributed by atoms with Gasteiger partial charge in [0.15, 0.2) is 5.75 Å². The number of ether oxygens (including phenoxy) is 1. The summed E-state index contributed by atoms with van der Waals surface area (Å²) in [6.07, 6.45) is 8.60. The van der Waals surface area contributed by atoms with Crippen molar-refractivity contribution in [2.45, 2.75) is 58.5 Å². The molecule has 1 aliphatic carbocycles. The Bertz CT molecular complexity index is 361. The third-order valence-electron chi connectivity index (χ3n) is 4.19. The molecule has 4 heteroatoms. The molecule has 1 N–H and O–H groups in total. The Labute approximate surface area is 116 Å². The summed E-state index contributed by atoms with van der Waals surface area (Å²) in [7, 11) is 1.74. The third kappa shape index (κ3) is 3.30. The van der Waals surface area contributed by atoms with Crippen molar-refractivity contribution in [2.24, 2.45) is 5.92 Å². The van der Waals surface area contributed by atoms with E-state index in [-0.39, 0.29) is 0 Å². The minimum absolute atomic E-state index is 0.366. The average Bonchev–Trinajstić information content (AvgIpc) is 3.06. The molecule has 0 aliphatic heterocycles. The van der Waals surface area contributed by atoms with E-state index in [2.05, 4.69) is 28.9 Å². The van der Waals surface area contributed by atoms with Crippen LogP contribution in [0.1, 0.15) is 57.7 Å². The molecule has 0 bridgehead atoms. The minimum atomic E-state index is 0.366. The summed E-state index contributed by atoms with van der Waals surface area (Å²) >= 11 is 0. The minimum Gasteiger partial charge on any atom is -0.493 e. The second-order valence-electron chi connectivity index (χ2n) is 5.41. The highest BCUT2D eigenvalue weighted by Crippen LogP contribution is 2.35. The zero-order valence-electron chi connectivity index (χ0n) is 12.5. The van der Waals surface area contributed by atoms with E-state index in [0.717, 1.165) is 24.8 Å². The Hall–Kier alpha value is -1.03. The molecular weight excluding hydrogens is 238 g/mol. The SMILES string of the molecule is CCNC(CC1CCCC1)c1c(OC)cnn1CC. The number of aromatic nitrogens is 2. The number of methoxy groups -OCH3 is 1. The van der Waals surface area contributed by atoms with Gasteiger partial charge < -0.3 is 10.1 Å². The van der Waals surface area contributed by atoms with E-state index >= 15 is 0 Å². The van der Waals surface area contributed by atoms with Crippen molar-refractivity contribution in [2.75, 3.05) is 13.7 Å². The normalized spacial score (nSPS) is 17.8. The van der Waals surface area contributed by atoms with Crippen molar-refractivity contribution in [1.82, 2.24) is 15.1 Å². The predicted molar refractivity (Wildman–Crippen MR) is 77.4 cm³/mol. The molecule has 108 valence electrons. The molecule has 1 unspecified atom stereocenters. The fraction of sp³-hybridized carbons (Fsp3) is 0.800. The molecule has 0 aromatic carbocycles. The fourth-order valence-corrected chi connectivity index (χ4v) is 3.26. The van der Waals surface area contributed by atoms with Gasteiger partial charge in [-0.3, -0.25) is 4.68 Å². The second kappa shape index (κ2) is 6.94. The van der Waals surface area contributed by atoms with Crippen LogP contribution in [0.5, 0.6) is 5.75 Å². The third-order valence-corrected chi connectivity index (χ3v) is 4.19. The molecule has 0 spiro atoms. The molecule has 1 fully saturated rings. The van der Waals surface area contributed by atoms with Crippen LogP contribution in [0.4, 0.5) is 0 Å². The van der Waals surface area contributed by atoms with Gasteiger partial charge in [-0.15, -0.1) is 0 Å². The van der Waals surface area contributed by atoms with Crippen molar-refractivity contribution >= 4 is 0 Å². The van der Waals surface area contributed by atoms with Crippen LogP contribution < -0.4 is 10.1 Å². The van der Waals surface area contributed by atoms with Crippen LogP contribution in [0.15, 0.2) is 6.20 Å². The molecule has 1 saturated carbocycles. The molecule has 19 heavy (non-hydrogen) atoms. The van der Waals surface area contributed by atoms with Crippen LogP contribution in [-0.2, 0) is 6.54 Å². The van der Waals surface area contributed by atoms with Gasteiger partial charge in [-0.1, -0.05) is 32.6 Å². The maximum atomic E-state index is 5.50. The first-order chi connectivity index (χ1) is 9.30. The Morgan fingerprint density at radius 2 is 2.16 bits per heavy atom. The summed E-state index contributed by atoms with van der Waals surface area (Å²) in [4.78, 5) is 0. The van der Waals surface area contributed by atoms with Gasteiger partial charge in [0, 0.05) is 6.54 Å². The summed E-state index contributed by atoms with van der Waals surface area (Å²) in [6.45, 7) is 6.18. The van der Waals surface area contributed by atoms with Gasteiger partial charge in [-0.05, 0) is 25.8 Å². The molecular formula is C15H27N3O. The molecule has 1 heterocycles. The molecule has 1 aromatic heterocycles. The molecule has 1 aliphatic rings. The van der Waals surface area contributed by atoms with Crippen molar-refractivity contribution in [3.63, 3.8) is 0 Å². The molecule has 1 aromatic rings. The summed E-state index contributed by atoms with van der Waals surface area (Å²) in [6, 6.07) is 0.366. The maximum absolute atomic E-state index is 5.50. The van der Waals surface area contributed by atoms with Crippen LogP contribution >= 0.6 is 0 Å². The molecule has 1 atom stereocenters. The van der Waals surface area contributed by atoms with Crippen molar-refractivity contribution in [3.8, 4) is 5.75 Å². The van der Waals surface area contributed by atoms with Gasteiger partial charge in [0.2, 0.25) is 0 Å². The zero-order valence-corrected chi connectivity index (χ0v) is 12.5. The molecule has 4 nitrogen and oxygen atoms in total. The standard InChI is InChI=1S/C15H27N3O/c1-4-16-13(10-12-8-6-7-9-12)15-14(19-3)11-17-18(15)5-2/h11-13,16H,4-10H2,1-3H3. The van der Waals surface area contributed by atoms with E-state index in [1.807, 2.05) is 6.20 Å². The highest BCUT2D eigenvalue weighted by Gasteiger charge is 2.25. The van der Waals surface area contributed by atoms with E-state index in [0.29, 0.717) is 6.04 Å². The van der Waals surface area contributed by atoms with Crippen LogP contribution in [0.25, 0.3) is 0 Å². The Morgan fingerprint density at radius 1 is 1.42 bits per heavy atom. The largest absolute Gasteiger partial charge is 0.493 e. The maximum Gasteiger partial charge on any atom is 0.161 e. The van der Waals surface area contributed by atoms with Gasteiger partial charge in [-0.2, -0.15) is 5.10 Å². The number of aryl methyl sites for hydroxylation is 1. The summed E-state index contributed by atoms with van der Waals surface area (Å²) in [5, 5.41) is 8.06. The van der Waals surface area contributed by atoms with Crippen LogP contribution in [0.3, 0.4) is 0 Å². The Morgan fingerprint density at radius 3 is 2.74 bits per heavy atom. The highest BCUT2D eigenvalue weighted by atomic mass is 16.5. The number of hydrogen-bond donors (Lipinski definition) is 1. The van der Waals surface area contributed by atoms with Gasteiger partial charge >= 0.3 is 0 Å². The highest BCUT2D eigenvalue weighted by molar-refractivity contribution is 5.28. The van der Waals surface area contributed by atoms with Gasteiger partial charge in [0.05, 0.1) is 25.0 Å². The summed E-state index contributed by atoms with van der Waals surface area (Å²) in [5.74, 6) is 1.78. The number of rotatable bonds is 7. The van der Waals surface area contributed by atoms with Crippen LogP contribution in [0.2, 0.25) is 0 Å². The van der Waals surface area contributed by atoms with Gasteiger partial charge in [0.25, 0.3) is 0 Å². The van der Waals surface area contributed by atoms with Crippen molar-refractivity contribution < 1.29 is 4.74 Å². The lowest BCUT2D eigenvalue weighted by molar-refractivity contribution is 0.355. The Balaban J connectivity index is 2.18. The predicted octanol–water partition coefficient (Wildman–Crippen LogP) is 3.14. The van der Waals surface area contributed by atoms with E-state index < -0.39 is 0 Å². The van der Waals surface area contributed by atoms with Crippen molar-refractivity contribution in [1.29, 1.82) is 0 Å². The molecule has 0 saturated heterocycles. The molecule has 0 radical (unpaired) electrons. The van der Waals surface area contributed by atoms with E-state index in [1.165, 1.54) is 37.8 Å². The number of nitrogens with one attached hydrogen (secondary N) is 1. The molecule has 0 amide bonds. The second-order valence-corrected chi connectivity index (χ2v) is 5.41. The lowest BCUT2D eigenvalue weighted by atomic mass is 9.96. The van der Waals surface area contributed by atoms with Gasteiger partial charge in [-0.25, -0.2) is 0 Å². The average molecular weight is 265 g/mol. The quantitative estimate of drug-likeness (QED) is 0.823. The van der Waals surface area contributed by atoms with Gasteiger partial charge in [0.1, 0.15) is 0 Å². The van der Waals surface area contributed by atoms with E-state index in [4.69, 9.17) is 4.74 Å². The number of hydrogen-bond acceptors (Lipinski definition) is 3. The van der Waals surface area contributed by atoms with E-state index in [9.17, 15) is 0 Å². The van der Waals surface area contributed by atoms with Crippen LogP contribution in [-0.4, -0.2) is 23.4 Å². The smallest absolute Gasteiger partial charge is 0.161 e. The Kier molecular flexibility index (Phi) is 5.25. The lowest BCUT2D eigenvalue weighted by Gasteiger charge is -2.23. The first-order valence-corrected chi connectivity index (χ1v) is 7.63. The number of nitrogens with zero attached hydrogens (tertiary/aromatic N) is 2. The summed E-state index contributed by atoms with van der Waals surface area (Å²) < 4.78 is 7.57. The zero-order chi connectivity index (χ0) is 13.7. The monoisotopic (exact) mass is 265 g/mol. The molecule has 2 rings (SSSR count). The van der Waals surface area contributed by atoms with Crippen LogP contribution in [0, 0.1) is 5.92 Å². The first-order valence-electron chi connectivity index (χ1n) is 7.63. The first kappa shape index (κ1) is 14.4. The topological polar surface area (TPSA) is 39.1 Å².